The molecule has 0 fully saturated rings. The Morgan fingerprint density at radius 3 is 2.39 bits per heavy atom. The summed E-state index contributed by atoms with van der Waals surface area (Å²) in [6.45, 7) is 8.87. The largest absolute Gasteiger partial charge is 0.481 e. The number of carbonyl (C=O) groups is 2. The molecule has 1 heterocycles. The highest BCUT2D eigenvalue weighted by Crippen LogP contribution is 2.26. The summed E-state index contributed by atoms with van der Waals surface area (Å²) in [5, 5.41) is 13.3. The molecule has 0 unspecified atom stereocenters. The number of aliphatic carboxylic acids is 1. The van der Waals surface area contributed by atoms with Gasteiger partial charge < -0.3 is 15.0 Å². The summed E-state index contributed by atoms with van der Waals surface area (Å²) < 4.78 is 15.7. The molecule has 198 valence electrons. The van der Waals surface area contributed by atoms with E-state index in [9.17, 15) is 19.1 Å². The number of carboxylic acids is 1. The van der Waals surface area contributed by atoms with Crippen molar-refractivity contribution in [2.75, 3.05) is 0 Å². The average molecular weight is 515 g/mol. The van der Waals surface area contributed by atoms with Crippen molar-refractivity contribution >= 4 is 22.8 Å². The molecule has 1 aromatic heterocycles. The highest BCUT2D eigenvalue weighted by molar-refractivity contribution is 5.96. The van der Waals surface area contributed by atoms with Crippen molar-refractivity contribution < 1.29 is 19.1 Å². The molecule has 0 aliphatic carbocycles. The van der Waals surface area contributed by atoms with Gasteiger partial charge in [-0.3, -0.25) is 9.59 Å². The number of hydrogen-bond acceptors (Lipinski definition) is 2. The fraction of sp³-hybridized carbons (Fsp3) is 0.312. The first-order valence-electron chi connectivity index (χ1n) is 13.1. The molecule has 0 saturated heterocycles. The van der Waals surface area contributed by atoms with Crippen molar-refractivity contribution in [2.45, 2.75) is 59.5 Å². The molecule has 4 rings (SSSR count). The van der Waals surface area contributed by atoms with E-state index in [1.165, 1.54) is 12.1 Å². The smallest absolute Gasteiger partial charge is 0.303 e. The minimum atomic E-state index is -0.903. The number of nitrogens with one attached hydrogen (secondary N) is 1. The lowest BCUT2D eigenvalue weighted by atomic mass is 9.93. The SMILES string of the molecule is Cc1cc(C)cc([C@@H](CC(C)C)NC(=O)c2cc(Cn3ccc4cc(F)ccc43)ccc2CCC(=O)O)c1. The Kier molecular flexibility index (Phi) is 8.30. The predicted molar refractivity (Wildman–Crippen MR) is 149 cm³/mol. The van der Waals surface area contributed by atoms with E-state index in [0.29, 0.717) is 23.6 Å². The topological polar surface area (TPSA) is 71.3 Å². The van der Waals surface area contributed by atoms with Crippen LogP contribution in [0.15, 0.2) is 66.9 Å². The lowest BCUT2D eigenvalue weighted by Crippen LogP contribution is -2.30. The third-order valence-corrected chi connectivity index (χ3v) is 6.77. The summed E-state index contributed by atoms with van der Waals surface area (Å²) in [5.74, 6) is -1.03. The van der Waals surface area contributed by atoms with Crippen LogP contribution in [0.3, 0.4) is 0 Å². The normalized spacial score (nSPS) is 12.2. The monoisotopic (exact) mass is 514 g/mol. The van der Waals surface area contributed by atoms with Gasteiger partial charge in [0, 0.05) is 35.6 Å². The molecular weight excluding hydrogens is 479 g/mol. The van der Waals surface area contributed by atoms with E-state index in [2.05, 4.69) is 51.2 Å². The van der Waals surface area contributed by atoms with Gasteiger partial charge in [0.05, 0.1) is 6.04 Å². The Labute approximate surface area is 223 Å². The first-order valence-corrected chi connectivity index (χ1v) is 13.1. The van der Waals surface area contributed by atoms with Gasteiger partial charge in [-0.1, -0.05) is 55.3 Å². The third-order valence-electron chi connectivity index (χ3n) is 6.77. The second-order valence-corrected chi connectivity index (χ2v) is 10.6. The Morgan fingerprint density at radius 2 is 1.71 bits per heavy atom. The zero-order chi connectivity index (χ0) is 27.4. The summed E-state index contributed by atoms with van der Waals surface area (Å²) in [5.41, 5.74) is 6.36. The van der Waals surface area contributed by atoms with Crippen molar-refractivity contribution in [3.05, 3.63) is 106 Å². The van der Waals surface area contributed by atoms with E-state index in [1.54, 1.807) is 6.07 Å². The molecule has 0 saturated carbocycles. The highest BCUT2D eigenvalue weighted by atomic mass is 19.1. The van der Waals surface area contributed by atoms with E-state index in [4.69, 9.17) is 0 Å². The van der Waals surface area contributed by atoms with Crippen molar-refractivity contribution in [1.29, 1.82) is 0 Å². The lowest BCUT2D eigenvalue weighted by Gasteiger charge is -2.23. The molecule has 0 aliphatic rings. The van der Waals surface area contributed by atoms with E-state index >= 15 is 0 Å². The molecular formula is C32H35FN2O3. The summed E-state index contributed by atoms with van der Waals surface area (Å²) in [6, 6.07) is 18.4. The number of benzene rings is 3. The van der Waals surface area contributed by atoms with Crippen molar-refractivity contribution in [3.63, 3.8) is 0 Å². The Morgan fingerprint density at radius 1 is 0.974 bits per heavy atom. The first-order chi connectivity index (χ1) is 18.1. The molecule has 1 amide bonds. The molecule has 3 aromatic carbocycles. The zero-order valence-corrected chi connectivity index (χ0v) is 22.4. The molecule has 0 radical (unpaired) electrons. The maximum Gasteiger partial charge on any atom is 0.303 e. The van der Waals surface area contributed by atoms with Gasteiger partial charge in [-0.2, -0.15) is 0 Å². The van der Waals surface area contributed by atoms with Crippen LogP contribution < -0.4 is 5.32 Å². The van der Waals surface area contributed by atoms with Crippen LogP contribution in [-0.2, 0) is 17.8 Å². The molecule has 6 heteroatoms. The van der Waals surface area contributed by atoms with E-state index in [1.807, 2.05) is 35.0 Å². The van der Waals surface area contributed by atoms with Crippen LogP contribution >= 0.6 is 0 Å². The van der Waals surface area contributed by atoms with Gasteiger partial charge in [0.1, 0.15) is 5.82 Å². The highest BCUT2D eigenvalue weighted by Gasteiger charge is 2.21. The summed E-state index contributed by atoms with van der Waals surface area (Å²) >= 11 is 0. The molecule has 2 N–H and O–H groups in total. The van der Waals surface area contributed by atoms with E-state index in [-0.39, 0.29) is 30.6 Å². The average Bonchev–Trinajstić information content (AvgIpc) is 3.23. The van der Waals surface area contributed by atoms with Gasteiger partial charge >= 0.3 is 5.97 Å². The van der Waals surface area contributed by atoms with Crippen LogP contribution in [0, 0.1) is 25.6 Å². The lowest BCUT2D eigenvalue weighted by molar-refractivity contribution is -0.136. The fourth-order valence-corrected chi connectivity index (χ4v) is 5.10. The number of hydrogen-bond donors (Lipinski definition) is 2. The van der Waals surface area contributed by atoms with Gasteiger partial charge in [-0.15, -0.1) is 0 Å². The number of aromatic nitrogens is 1. The number of amides is 1. The van der Waals surface area contributed by atoms with Gasteiger partial charge in [0.15, 0.2) is 0 Å². The number of carboxylic acid groups (broad SMARTS) is 1. The first kappa shape index (κ1) is 27.1. The van der Waals surface area contributed by atoms with E-state index < -0.39 is 5.97 Å². The maximum atomic E-state index is 13.7. The second-order valence-electron chi connectivity index (χ2n) is 10.6. The Bertz CT molecular complexity index is 1450. The third kappa shape index (κ3) is 6.68. The van der Waals surface area contributed by atoms with Crippen molar-refractivity contribution in [1.82, 2.24) is 9.88 Å². The van der Waals surface area contributed by atoms with Crippen LogP contribution in [0.4, 0.5) is 4.39 Å². The minimum absolute atomic E-state index is 0.0556. The minimum Gasteiger partial charge on any atom is -0.481 e. The molecule has 5 nitrogen and oxygen atoms in total. The molecule has 0 spiro atoms. The summed E-state index contributed by atoms with van der Waals surface area (Å²) in [6.07, 6.45) is 2.90. The molecule has 0 aliphatic heterocycles. The fourth-order valence-electron chi connectivity index (χ4n) is 5.10. The maximum absolute atomic E-state index is 13.7. The number of nitrogens with zero attached hydrogens (tertiary/aromatic N) is 1. The number of fused-ring (bicyclic) bond motifs is 1. The molecule has 0 bridgehead atoms. The number of rotatable bonds is 10. The molecule has 1 atom stereocenters. The number of halogens is 1. The predicted octanol–water partition coefficient (Wildman–Crippen LogP) is 6.98. The zero-order valence-electron chi connectivity index (χ0n) is 22.4. The van der Waals surface area contributed by atoms with Gasteiger partial charge in [0.2, 0.25) is 0 Å². The van der Waals surface area contributed by atoms with Crippen LogP contribution in [0.2, 0.25) is 0 Å². The van der Waals surface area contributed by atoms with Gasteiger partial charge in [0.25, 0.3) is 5.91 Å². The van der Waals surface area contributed by atoms with Crippen LogP contribution in [-0.4, -0.2) is 21.6 Å². The van der Waals surface area contributed by atoms with Crippen LogP contribution in [0.25, 0.3) is 10.9 Å². The number of aryl methyl sites for hydroxylation is 3. The summed E-state index contributed by atoms with van der Waals surface area (Å²) in [4.78, 5) is 25.0. The number of carbonyl (C=O) groups excluding carboxylic acids is 1. The van der Waals surface area contributed by atoms with Gasteiger partial charge in [-0.25, -0.2) is 4.39 Å². The standard InChI is InChI=1S/C32H35FN2O3/c1-20(2)13-29(26-15-21(3)14-22(4)16-26)34-32(38)28-17-23(5-6-24(28)7-10-31(36)37)19-35-12-11-25-18-27(33)8-9-30(25)35/h5-6,8-9,11-12,14-18,20,29H,7,10,13,19H2,1-4H3,(H,34,38)(H,36,37)/t29-/m1/s1. The Balaban J connectivity index is 1.67. The van der Waals surface area contributed by atoms with Gasteiger partial charge in [-0.05, 0) is 79.6 Å². The Hall–Kier alpha value is -3.93. The van der Waals surface area contributed by atoms with Crippen molar-refractivity contribution in [2.24, 2.45) is 5.92 Å². The van der Waals surface area contributed by atoms with Crippen LogP contribution in [0.5, 0.6) is 0 Å². The van der Waals surface area contributed by atoms with Crippen LogP contribution in [0.1, 0.15) is 70.9 Å². The molecule has 38 heavy (non-hydrogen) atoms. The van der Waals surface area contributed by atoms with E-state index in [0.717, 1.165) is 39.6 Å². The summed E-state index contributed by atoms with van der Waals surface area (Å²) in [7, 11) is 0. The molecule has 4 aromatic rings. The quantitative estimate of drug-likeness (QED) is 0.240. The van der Waals surface area contributed by atoms with Crippen molar-refractivity contribution in [3.8, 4) is 0 Å². The second kappa shape index (κ2) is 11.6.